The SMILES string of the molecule is O=C(NCC(F)(F)F)Nc1cc([N+](=O)[O-])ccc1Cl. The molecule has 0 fully saturated rings. The molecule has 0 radical (unpaired) electrons. The van der Waals surface area contributed by atoms with Gasteiger partial charge in [0.25, 0.3) is 5.69 Å². The Morgan fingerprint density at radius 3 is 2.58 bits per heavy atom. The maximum absolute atomic E-state index is 11.8. The summed E-state index contributed by atoms with van der Waals surface area (Å²) in [4.78, 5) is 20.9. The molecule has 0 unspecified atom stereocenters. The lowest BCUT2D eigenvalue weighted by atomic mass is 10.3. The van der Waals surface area contributed by atoms with Gasteiger partial charge in [0.15, 0.2) is 0 Å². The summed E-state index contributed by atoms with van der Waals surface area (Å²) in [6.45, 7) is -1.52. The van der Waals surface area contributed by atoms with Crippen LogP contribution in [0.15, 0.2) is 18.2 Å². The van der Waals surface area contributed by atoms with Crippen molar-refractivity contribution in [3.63, 3.8) is 0 Å². The number of anilines is 1. The lowest BCUT2D eigenvalue weighted by Gasteiger charge is -2.10. The lowest BCUT2D eigenvalue weighted by molar-refractivity contribution is -0.384. The van der Waals surface area contributed by atoms with E-state index in [-0.39, 0.29) is 16.4 Å². The van der Waals surface area contributed by atoms with Gasteiger partial charge in [0.05, 0.1) is 15.6 Å². The highest BCUT2D eigenvalue weighted by Crippen LogP contribution is 2.26. The van der Waals surface area contributed by atoms with E-state index < -0.39 is 23.7 Å². The van der Waals surface area contributed by atoms with Crippen LogP contribution in [0.25, 0.3) is 0 Å². The van der Waals surface area contributed by atoms with Gasteiger partial charge in [0, 0.05) is 12.1 Å². The fraction of sp³-hybridized carbons (Fsp3) is 0.222. The summed E-state index contributed by atoms with van der Waals surface area (Å²) in [7, 11) is 0. The third kappa shape index (κ3) is 5.00. The zero-order valence-corrected chi connectivity index (χ0v) is 9.88. The Morgan fingerprint density at radius 1 is 1.42 bits per heavy atom. The highest BCUT2D eigenvalue weighted by atomic mass is 35.5. The standard InChI is InChI=1S/C9H7ClF3N3O3/c10-6-2-1-5(16(18)19)3-7(6)15-8(17)14-4-9(11,12)13/h1-3H,4H2,(H2,14,15,17). The molecule has 0 saturated carbocycles. The number of hydrogen-bond acceptors (Lipinski definition) is 3. The maximum atomic E-state index is 11.8. The van der Waals surface area contributed by atoms with Gasteiger partial charge in [-0.15, -0.1) is 0 Å². The molecule has 1 aromatic carbocycles. The van der Waals surface area contributed by atoms with E-state index >= 15 is 0 Å². The summed E-state index contributed by atoms with van der Waals surface area (Å²) in [6, 6.07) is 2.02. The Kier molecular flexibility index (Phi) is 4.54. The highest BCUT2D eigenvalue weighted by molar-refractivity contribution is 6.33. The van der Waals surface area contributed by atoms with E-state index in [4.69, 9.17) is 11.6 Å². The minimum Gasteiger partial charge on any atom is -0.329 e. The largest absolute Gasteiger partial charge is 0.405 e. The van der Waals surface area contributed by atoms with Crippen LogP contribution < -0.4 is 10.6 Å². The van der Waals surface area contributed by atoms with E-state index in [1.165, 1.54) is 0 Å². The smallest absolute Gasteiger partial charge is 0.329 e. The second kappa shape index (κ2) is 5.74. The number of rotatable bonds is 3. The summed E-state index contributed by atoms with van der Waals surface area (Å²) >= 11 is 5.65. The van der Waals surface area contributed by atoms with Crippen molar-refractivity contribution < 1.29 is 22.9 Å². The van der Waals surface area contributed by atoms with E-state index in [1.54, 1.807) is 5.32 Å². The number of hydrogen-bond donors (Lipinski definition) is 2. The number of amides is 2. The number of halogens is 4. The molecule has 1 aromatic rings. The van der Waals surface area contributed by atoms with Crippen molar-refractivity contribution in [1.82, 2.24) is 5.32 Å². The maximum Gasteiger partial charge on any atom is 0.405 e. The van der Waals surface area contributed by atoms with E-state index in [2.05, 4.69) is 0 Å². The van der Waals surface area contributed by atoms with Crippen LogP contribution in [0.3, 0.4) is 0 Å². The molecule has 0 saturated heterocycles. The molecular weight excluding hydrogens is 291 g/mol. The molecule has 2 amide bonds. The third-order valence-electron chi connectivity index (χ3n) is 1.86. The van der Waals surface area contributed by atoms with E-state index in [0.717, 1.165) is 18.2 Å². The van der Waals surface area contributed by atoms with Crippen LogP contribution in [-0.4, -0.2) is 23.7 Å². The van der Waals surface area contributed by atoms with Crippen molar-refractivity contribution in [3.8, 4) is 0 Å². The average molecular weight is 298 g/mol. The predicted octanol–water partition coefficient (Wildman–Crippen LogP) is 2.93. The second-order valence-corrected chi connectivity index (χ2v) is 3.75. The molecule has 0 bridgehead atoms. The quantitative estimate of drug-likeness (QED) is 0.664. The molecule has 2 N–H and O–H groups in total. The first kappa shape index (κ1) is 15.0. The average Bonchev–Trinajstić information content (AvgIpc) is 2.28. The number of nitrogens with one attached hydrogen (secondary N) is 2. The van der Waals surface area contributed by atoms with E-state index in [0.29, 0.717) is 0 Å². The molecule has 0 atom stereocenters. The zero-order valence-electron chi connectivity index (χ0n) is 9.12. The number of non-ortho nitro benzene ring substituents is 1. The Labute approximate surface area is 109 Å². The number of nitro benzene ring substituents is 1. The van der Waals surface area contributed by atoms with Crippen molar-refractivity contribution in [2.24, 2.45) is 0 Å². The van der Waals surface area contributed by atoms with E-state index in [9.17, 15) is 28.1 Å². The molecule has 1 rings (SSSR count). The summed E-state index contributed by atoms with van der Waals surface area (Å²) in [5.41, 5.74) is -0.508. The molecule has 0 spiro atoms. The van der Waals surface area contributed by atoms with Gasteiger partial charge >= 0.3 is 12.2 Å². The number of carbonyl (C=O) groups is 1. The number of benzene rings is 1. The summed E-state index contributed by atoms with van der Waals surface area (Å²) < 4.78 is 35.5. The van der Waals surface area contributed by atoms with Gasteiger partial charge < -0.3 is 10.6 Å². The second-order valence-electron chi connectivity index (χ2n) is 3.34. The minimum absolute atomic E-state index is 0.0345. The molecule has 104 valence electrons. The molecule has 0 aromatic heterocycles. The summed E-state index contributed by atoms with van der Waals surface area (Å²) in [5.74, 6) is 0. The molecular formula is C9H7ClF3N3O3. The Morgan fingerprint density at radius 2 is 2.05 bits per heavy atom. The number of alkyl halides is 3. The minimum atomic E-state index is -4.55. The molecule has 0 aliphatic carbocycles. The van der Waals surface area contributed by atoms with Crippen molar-refractivity contribution >= 4 is 29.0 Å². The first-order chi connectivity index (χ1) is 8.69. The Hall–Kier alpha value is -2.03. The fourth-order valence-electron chi connectivity index (χ4n) is 1.07. The number of nitrogens with zero attached hydrogens (tertiary/aromatic N) is 1. The van der Waals surface area contributed by atoms with Gasteiger partial charge in [-0.1, -0.05) is 11.6 Å². The predicted molar refractivity (Wildman–Crippen MR) is 61.2 cm³/mol. The van der Waals surface area contributed by atoms with Crippen LogP contribution in [0.2, 0.25) is 5.02 Å². The zero-order chi connectivity index (χ0) is 14.6. The van der Waals surface area contributed by atoms with Crippen LogP contribution in [-0.2, 0) is 0 Å². The number of urea groups is 1. The Bertz CT molecular complexity index is 507. The van der Waals surface area contributed by atoms with Crippen molar-refractivity contribution in [2.75, 3.05) is 11.9 Å². The van der Waals surface area contributed by atoms with Gasteiger partial charge in [0.2, 0.25) is 0 Å². The van der Waals surface area contributed by atoms with Crippen LogP contribution >= 0.6 is 11.6 Å². The fourth-order valence-corrected chi connectivity index (χ4v) is 1.23. The van der Waals surface area contributed by atoms with Gasteiger partial charge in [-0.05, 0) is 6.07 Å². The lowest BCUT2D eigenvalue weighted by Crippen LogP contribution is -2.36. The van der Waals surface area contributed by atoms with Crippen molar-refractivity contribution in [2.45, 2.75) is 6.18 Å². The highest BCUT2D eigenvalue weighted by Gasteiger charge is 2.27. The van der Waals surface area contributed by atoms with E-state index in [1.807, 2.05) is 5.32 Å². The first-order valence-electron chi connectivity index (χ1n) is 4.74. The summed E-state index contributed by atoms with van der Waals surface area (Å²) in [5, 5.41) is 14.0. The molecule has 0 aliphatic heterocycles. The molecule has 0 heterocycles. The number of nitro groups is 1. The third-order valence-corrected chi connectivity index (χ3v) is 2.19. The van der Waals surface area contributed by atoms with Crippen LogP contribution in [0.1, 0.15) is 0 Å². The van der Waals surface area contributed by atoms with Crippen molar-refractivity contribution in [3.05, 3.63) is 33.3 Å². The Balaban J connectivity index is 2.73. The number of carbonyl (C=O) groups excluding carboxylic acids is 1. The van der Waals surface area contributed by atoms with Gasteiger partial charge in [-0.3, -0.25) is 10.1 Å². The molecule has 0 aliphatic rings. The van der Waals surface area contributed by atoms with Gasteiger partial charge in [-0.25, -0.2) is 4.79 Å². The van der Waals surface area contributed by atoms with Gasteiger partial charge in [-0.2, -0.15) is 13.2 Å². The molecule has 19 heavy (non-hydrogen) atoms. The van der Waals surface area contributed by atoms with Crippen LogP contribution in [0.5, 0.6) is 0 Å². The van der Waals surface area contributed by atoms with Crippen LogP contribution in [0, 0.1) is 10.1 Å². The van der Waals surface area contributed by atoms with Crippen molar-refractivity contribution in [1.29, 1.82) is 0 Å². The van der Waals surface area contributed by atoms with Gasteiger partial charge in [0.1, 0.15) is 6.54 Å². The monoisotopic (exact) mass is 297 g/mol. The van der Waals surface area contributed by atoms with Crippen LogP contribution in [0.4, 0.5) is 29.3 Å². The first-order valence-corrected chi connectivity index (χ1v) is 5.12. The molecule has 6 nitrogen and oxygen atoms in total. The normalized spacial score (nSPS) is 10.9. The topological polar surface area (TPSA) is 84.3 Å². The molecule has 10 heteroatoms. The summed E-state index contributed by atoms with van der Waals surface area (Å²) in [6.07, 6.45) is -4.55.